The molecular formula is C24H29ClN2O. The fraction of sp³-hybridized carbons (Fsp3) is 0.375. The number of halogens is 1. The second-order valence-corrected chi connectivity index (χ2v) is 8.17. The van der Waals surface area contributed by atoms with E-state index in [-0.39, 0.29) is 11.8 Å². The van der Waals surface area contributed by atoms with Crippen molar-refractivity contribution in [3.8, 4) is 0 Å². The zero-order chi connectivity index (χ0) is 20.1. The molecule has 0 unspecified atom stereocenters. The van der Waals surface area contributed by atoms with Gasteiger partial charge in [0.25, 0.3) is 0 Å². The van der Waals surface area contributed by atoms with Crippen molar-refractivity contribution in [3.05, 3.63) is 70.9 Å². The molecule has 1 amide bonds. The Hall–Kier alpha value is -2.26. The summed E-state index contributed by atoms with van der Waals surface area (Å²) >= 11 is 6.28. The van der Waals surface area contributed by atoms with Gasteiger partial charge in [-0.1, -0.05) is 55.8 Å². The third-order valence-corrected chi connectivity index (χ3v) is 5.46. The highest BCUT2D eigenvalue weighted by atomic mass is 35.5. The fourth-order valence-electron chi connectivity index (χ4n) is 3.70. The van der Waals surface area contributed by atoms with Crippen LogP contribution in [0.1, 0.15) is 50.7 Å². The van der Waals surface area contributed by atoms with Crippen LogP contribution in [0.3, 0.4) is 0 Å². The Balaban J connectivity index is 1.97. The normalized spacial score (nSPS) is 12.5. The van der Waals surface area contributed by atoms with E-state index in [4.69, 9.17) is 11.6 Å². The molecule has 4 heteroatoms. The molecule has 1 atom stereocenters. The van der Waals surface area contributed by atoms with Crippen LogP contribution >= 0.6 is 11.6 Å². The minimum absolute atomic E-state index is 0.0320. The molecule has 3 nitrogen and oxygen atoms in total. The summed E-state index contributed by atoms with van der Waals surface area (Å²) in [5, 5.41) is 4.98. The minimum atomic E-state index is -0.0320. The van der Waals surface area contributed by atoms with Crippen LogP contribution in [0.5, 0.6) is 0 Å². The summed E-state index contributed by atoms with van der Waals surface area (Å²) in [6.45, 7) is 8.09. The van der Waals surface area contributed by atoms with E-state index >= 15 is 0 Å². The van der Waals surface area contributed by atoms with Crippen LogP contribution in [-0.4, -0.2) is 17.0 Å². The molecule has 28 heavy (non-hydrogen) atoms. The molecule has 0 aliphatic heterocycles. The molecule has 0 fully saturated rings. The molecule has 0 aliphatic rings. The van der Waals surface area contributed by atoms with Gasteiger partial charge in [0.1, 0.15) is 0 Å². The number of hydrogen-bond donors (Lipinski definition) is 1. The number of fused-ring (bicyclic) bond motifs is 1. The first-order valence-electron chi connectivity index (χ1n) is 10.1. The van der Waals surface area contributed by atoms with Crippen molar-refractivity contribution in [1.82, 2.24) is 9.88 Å². The largest absolute Gasteiger partial charge is 0.356 e. The second-order valence-electron chi connectivity index (χ2n) is 7.73. The molecular weight excluding hydrogens is 368 g/mol. The first-order chi connectivity index (χ1) is 13.5. The van der Waals surface area contributed by atoms with Crippen LogP contribution in [0.15, 0.2) is 54.7 Å². The lowest BCUT2D eigenvalue weighted by Gasteiger charge is -2.18. The third kappa shape index (κ3) is 4.77. The Bertz CT molecular complexity index is 945. The van der Waals surface area contributed by atoms with E-state index in [0.29, 0.717) is 17.4 Å². The van der Waals surface area contributed by atoms with Gasteiger partial charge in [-0.3, -0.25) is 4.79 Å². The molecule has 0 saturated heterocycles. The molecule has 0 bridgehead atoms. The Labute approximate surface area is 172 Å². The average Bonchev–Trinajstić information content (AvgIpc) is 3.04. The maximum absolute atomic E-state index is 12.7. The van der Waals surface area contributed by atoms with Crippen LogP contribution in [-0.2, 0) is 11.3 Å². The van der Waals surface area contributed by atoms with Crippen molar-refractivity contribution in [1.29, 1.82) is 0 Å². The summed E-state index contributed by atoms with van der Waals surface area (Å²) in [6, 6.07) is 16.3. The number of para-hydroxylation sites is 1. The van der Waals surface area contributed by atoms with Crippen molar-refractivity contribution in [3.63, 3.8) is 0 Å². The van der Waals surface area contributed by atoms with Gasteiger partial charge in [0.15, 0.2) is 0 Å². The first kappa shape index (κ1) is 20.5. The van der Waals surface area contributed by atoms with Gasteiger partial charge in [-0.25, -0.2) is 0 Å². The average molecular weight is 397 g/mol. The molecule has 0 saturated carbocycles. The molecule has 3 rings (SSSR count). The zero-order valence-electron chi connectivity index (χ0n) is 16.9. The number of carbonyl (C=O) groups excluding carboxylic acids is 1. The van der Waals surface area contributed by atoms with Crippen molar-refractivity contribution in [2.24, 2.45) is 5.92 Å². The maximum atomic E-state index is 12.7. The van der Waals surface area contributed by atoms with E-state index in [1.165, 1.54) is 16.5 Å². The highest BCUT2D eigenvalue weighted by Crippen LogP contribution is 2.35. The predicted octanol–water partition coefficient (Wildman–Crippen LogP) is 6.00. The zero-order valence-corrected chi connectivity index (χ0v) is 17.7. The molecule has 1 aromatic heterocycles. The lowest BCUT2D eigenvalue weighted by molar-refractivity contribution is -0.121. The number of nitrogens with one attached hydrogen (secondary N) is 1. The van der Waals surface area contributed by atoms with Gasteiger partial charge in [-0.2, -0.15) is 0 Å². The fourth-order valence-corrected chi connectivity index (χ4v) is 3.90. The van der Waals surface area contributed by atoms with Gasteiger partial charge in [0.2, 0.25) is 5.91 Å². The molecule has 2 aromatic carbocycles. The van der Waals surface area contributed by atoms with E-state index in [1.54, 1.807) is 0 Å². The Morgan fingerprint density at radius 2 is 1.93 bits per heavy atom. The summed E-state index contributed by atoms with van der Waals surface area (Å²) < 4.78 is 2.25. The Morgan fingerprint density at radius 1 is 1.14 bits per heavy atom. The summed E-state index contributed by atoms with van der Waals surface area (Å²) in [6.07, 6.45) is 3.59. The summed E-state index contributed by atoms with van der Waals surface area (Å²) in [5.41, 5.74) is 3.46. The maximum Gasteiger partial charge on any atom is 0.220 e. The molecule has 3 aromatic rings. The van der Waals surface area contributed by atoms with E-state index in [2.05, 4.69) is 67.2 Å². The van der Waals surface area contributed by atoms with Crippen LogP contribution in [0, 0.1) is 5.92 Å². The Kier molecular flexibility index (Phi) is 6.79. The number of carbonyl (C=O) groups is 1. The number of amides is 1. The molecule has 0 spiro atoms. The number of aromatic nitrogens is 1. The molecule has 0 aliphatic carbocycles. The standard InChI is InChI=1S/C24H29ClN2O/c1-4-27-16-22(20-10-5-6-11-23(20)27)21(18-8-7-9-19(25)14-18)15-24(28)26-13-12-17(2)3/h5-11,14,16-17,21H,4,12-13,15H2,1-3H3,(H,26,28)/t21-/m0/s1. The highest BCUT2D eigenvalue weighted by Gasteiger charge is 2.22. The van der Waals surface area contributed by atoms with Crippen LogP contribution in [0.25, 0.3) is 10.9 Å². The van der Waals surface area contributed by atoms with E-state index in [0.717, 1.165) is 25.1 Å². The van der Waals surface area contributed by atoms with Gasteiger partial charge < -0.3 is 9.88 Å². The van der Waals surface area contributed by atoms with Crippen LogP contribution in [0.4, 0.5) is 0 Å². The van der Waals surface area contributed by atoms with Gasteiger partial charge >= 0.3 is 0 Å². The van der Waals surface area contributed by atoms with Gasteiger partial charge in [0, 0.05) is 47.6 Å². The lowest BCUT2D eigenvalue weighted by atomic mass is 9.88. The summed E-state index contributed by atoms with van der Waals surface area (Å²) in [4.78, 5) is 12.7. The minimum Gasteiger partial charge on any atom is -0.356 e. The van der Waals surface area contributed by atoms with Gasteiger partial charge in [-0.05, 0) is 48.6 Å². The van der Waals surface area contributed by atoms with Gasteiger partial charge in [0.05, 0.1) is 0 Å². The SMILES string of the molecule is CCn1cc([C@@H](CC(=O)NCCC(C)C)c2cccc(Cl)c2)c2ccccc21. The highest BCUT2D eigenvalue weighted by molar-refractivity contribution is 6.30. The van der Waals surface area contributed by atoms with E-state index in [1.807, 2.05) is 18.2 Å². The predicted molar refractivity (Wildman–Crippen MR) is 118 cm³/mol. The lowest BCUT2D eigenvalue weighted by Crippen LogP contribution is -2.27. The van der Waals surface area contributed by atoms with Crippen LogP contribution < -0.4 is 5.32 Å². The van der Waals surface area contributed by atoms with Crippen molar-refractivity contribution in [2.45, 2.75) is 46.1 Å². The van der Waals surface area contributed by atoms with Crippen LogP contribution in [0.2, 0.25) is 5.02 Å². The molecule has 1 N–H and O–H groups in total. The van der Waals surface area contributed by atoms with E-state index in [9.17, 15) is 4.79 Å². The number of hydrogen-bond acceptors (Lipinski definition) is 1. The topological polar surface area (TPSA) is 34.0 Å². The molecule has 148 valence electrons. The number of rotatable bonds is 8. The quantitative estimate of drug-likeness (QED) is 0.497. The number of nitrogens with zero attached hydrogens (tertiary/aromatic N) is 1. The van der Waals surface area contributed by atoms with Crippen molar-refractivity contribution in [2.75, 3.05) is 6.54 Å². The van der Waals surface area contributed by atoms with Crippen molar-refractivity contribution >= 4 is 28.4 Å². The summed E-state index contributed by atoms with van der Waals surface area (Å²) in [5.74, 6) is 0.626. The molecule has 1 heterocycles. The number of aryl methyl sites for hydroxylation is 1. The van der Waals surface area contributed by atoms with Gasteiger partial charge in [-0.15, -0.1) is 0 Å². The smallest absolute Gasteiger partial charge is 0.220 e. The third-order valence-electron chi connectivity index (χ3n) is 5.22. The second kappa shape index (κ2) is 9.29. The monoisotopic (exact) mass is 396 g/mol. The molecule has 0 radical (unpaired) electrons. The van der Waals surface area contributed by atoms with Crippen molar-refractivity contribution < 1.29 is 4.79 Å². The Morgan fingerprint density at radius 3 is 2.64 bits per heavy atom. The van der Waals surface area contributed by atoms with E-state index < -0.39 is 0 Å². The number of benzene rings is 2. The first-order valence-corrected chi connectivity index (χ1v) is 10.5. The summed E-state index contributed by atoms with van der Waals surface area (Å²) in [7, 11) is 0.